The molecule has 5 atom stereocenters. The van der Waals surface area contributed by atoms with Gasteiger partial charge >= 0.3 is 11.9 Å². The Morgan fingerprint density at radius 2 is 1.79 bits per heavy atom. The summed E-state index contributed by atoms with van der Waals surface area (Å²) in [5.41, 5.74) is 12.9. The second kappa shape index (κ2) is 13.6. The van der Waals surface area contributed by atoms with Crippen LogP contribution in [0.5, 0.6) is 0 Å². The molecule has 15 heteroatoms. The SMILES string of the molecule is CCCNc1nc(C#Cc2ccc(Cl)s2)nc2c1ncn2C1=C2CC2(C(=O)NC)C(OC(=O)C(N)C(C)C)C1OC(=O)C(N)C(C)C. The maximum absolute atomic E-state index is 13.6. The summed E-state index contributed by atoms with van der Waals surface area (Å²) in [6.45, 7) is 9.79. The van der Waals surface area contributed by atoms with Gasteiger partial charge in [-0.05, 0) is 54.2 Å². The summed E-state index contributed by atoms with van der Waals surface area (Å²) in [5, 5.41) is 5.98. The summed E-state index contributed by atoms with van der Waals surface area (Å²) in [4.78, 5) is 54.9. The highest BCUT2D eigenvalue weighted by molar-refractivity contribution is 7.16. The first-order chi connectivity index (χ1) is 22.3. The first kappa shape index (κ1) is 34.3. The zero-order chi connectivity index (χ0) is 34.2. The fraction of sp³-hybridized carbons (Fsp3) is 0.500. The number of halogens is 1. The van der Waals surface area contributed by atoms with Gasteiger partial charge in [0.1, 0.15) is 23.8 Å². The number of nitrogens with two attached hydrogens (primary N) is 2. The number of hydrogen-bond donors (Lipinski definition) is 4. The molecule has 6 N–H and O–H groups in total. The molecule has 3 aromatic rings. The zero-order valence-corrected chi connectivity index (χ0v) is 28.7. The zero-order valence-electron chi connectivity index (χ0n) is 27.1. The Labute approximate surface area is 281 Å². The maximum atomic E-state index is 13.6. The van der Waals surface area contributed by atoms with Crippen molar-refractivity contribution in [2.75, 3.05) is 18.9 Å². The van der Waals surface area contributed by atoms with Crippen molar-refractivity contribution in [1.82, 2.24) is 24.8 Å². The van der Waals surface area contributed by atoms with Gasteiger partial charge in [0.2, 0.25) is 11.7 Å². The third-order valence-corrected chi connectivity index (χ3v) is 9.52. The molecule has 5 unspecified atom stereocenters. The van der Waals surface area contributed by atoms with Crippen molar-refractivity contribution in [3.63, 3.8) is 0 Å². The topological polar surface area (TPSA) is 189 Å². The number of anilines is 1. The van der Waals surface area contributed by atoms with E-state index in [1.54, 1.807) is 38.3 Å². The first-order valence-corrected chi connectivity index (χ1v) is 16.7. The number of ether oxygens (including phenoxy) is 2. The van der Waals surface area contributed by atoms with Crippen LogP contribution in [0.3, 0.4) is 0 Å². The minimum Gasteiger partial charge on any atom is -0.455 e. The first-order valence-electron chi connectivity index (χ1n) is 15.5. The van der Waals surface area contributed by atoms with Crippen LogP contribution in [0.25, 0.3) is 16.9 Å². The lowest BCUT2D eigenvalue weighted by atomic mass is 9.96. The molecule has 0 bridgehead atoms. The van der Waals surface area contributed by atoms with Gasteiger partial charge in [0, 0.05) is 13.6 Å². The van der Waals surface area contributed by atoms with Gasteiger partial charge in [0.15, 0.2) is 29.2 Å². The molecule has 1 fully saturated rings. The molecule has 0 saturated heterocycles. The number of carbonyl (C=O) groups is 3. The van der Waals surface area contributed by atoms with Crippen LogP contribution in [0.4, 0.5) is 5.82 Å². The third-order valence-electron chi connectivity index (χ3n) is 8.38. The lowest BCUT2D eigenvalue weighted by Crippen LogP contribution is -2.50. The Morgan fingerprint density at radius 1 is 1.11 bits per heavy atom. The number of amides is 1. The molecule has 47 heavy (non-hydrogen) atoms. The van der Waals surface area contributed by atoms with E-state index in [0.29, 0.717) is 39.1 Å². The number of hydrogen-bond acceptors (Lipinski definition) is 12. The van der Waals surface area contributed by atoms with E-state index < -0.39 is 47.6 Å². The average Bonchev–Trinajstić information content (AvgIpc) is 3.27. The monoisotopic (exact) mass is 682 g/mol. The van der Waals surface area contributed by atoms with E-state index in [1.165, 1.54) is 24.7 Å². The molecule has 250 valence electrons. The molecule has 13 nitrogen and oxygen atoms in total. The predicted molar refractivity (Wildman–Crippen MR) is 179 cm³/mol. The van der Waals surface area contributed by atoms with Gasteiger partial charge in [-0.3, -0.25) is 19.0 Å². The Kier molecular flexibility index (Phi) is 9.93. The third kappa shape index (κ3) is 6.45. The highest BCUT2D eigenvalue weighted by atomic mass is 35.5. The largest absolute Gasteiger partial charge is 0.455 e. The molecule has 1 amide bonds. The van der Waals surface area contributed by atoms with E-state index >= 15 is 0 Å². The molecule has 3 heterocycles. The van der Waals surface area contributed by atoms with Gasteiger partial charge in [-0.15, -0.1) is 11.3 Å². The minimum absolute atomic E-state index is 0.209. The summed E-state index contributed by atoms with van der Waals surface area (Å²) < 4.78 is 14.3. The average molecular weight is 683 g/mol. The van der Waals surface area contributed by atoms with Crippen molar-refractivity contribution in [2.45, 2.75) is 71.8 Å². The summed E-state index contributed by atoms with van der Waals surface area (Å²) in [5.74, 6) is 4.42. The van der Waals surface area contributed by atoms with E-state index in [2.05, 4.69) is 32.4 Å². The molecule has 0 aliphatic heterocycles. The van der Waals surface area contributed by atoms with Gasteiger partial charge in [-0.1, -0.05) is 46.2 Å². The lowest BCUT2D eigenvalue weighted by molar-refractivity contribution is -0.172. The molecule has 0 aromatic carbocycles. The Bertz CT molecular complexity index is 1810. The normalized spacial score (nSPS) is 21.3. The molecular formula is C32H39ClN8O5S. The van der Waals surface area contributed by atoms with Crippen LogP contribution >= 0.6 is 22.9 Å². The number of aromatic nitrogens is 4. The number of nitrogens with one attached hydrogen (secondary N) is 2. The quantitative estimate of drug-likeness (QED) is 0.172. The highest BCUT2D eigenvalue weighted by Crippen LogP contribution is 2.65. The van der Waals surface area contributed by atoms with Crippen molar-refractivity contribution in [3.8, 4) is 11.8 Å². The van der Waals surface area contributed by atoms with Crippen LogP contribution in [0.15, 0.2) is 24.0 Å². The maximum Gasteiger partial charge on any atom is 0.323 e. The molecule has 0 spiro atoms. The number of nitrogens with zero attached hydrogens (tertiary/aromatic N) is 4. The van der Waals surface area contributed by atoms with Crippen LogP contribution < -0.4 is 22.1 Å². The van der Waals surface area contributed by atoms with Gasteiger partial charge in [-0.25, -0.2) is 15.0 Å². The second-order valence-electron chi connectivity index (χ2n) is 12.3. The van der Waals surface area contributed by atoms with Gasteiger partial charge in [0.25, 0.3) is 0 Å². The Balaban J connectivity index is 1.68. The van der Waals surface area contributed by atoms with Gasteiger partial charge < -0.3 is 31.6 Å². The number of carbonyl (C=O) groups excluding carboxylic acids is 3. The molecule has 5 rings (SSSR count). The van der Waals surface area contributed by atoms with Crippen LogP contribution in [-0.2, 0) is 23.9 Å². The van der Waals surface area contributed by atoms with Crippen molar-refractivity contribution >= 4 is 63.5 Å². The Hall–Kier alpha value is -4.03. The van der Waals surface area contributed by atoms with Crippen molar-refractivity contribution in [1.29, 1.82) is 0 Å². The van der Waals surface area contributed by atoms with Crippen LogP contribution in [0, 0.1) is 29.1 Å². The Morgan fingerprint density at radius 3 is 2.38 bits per heavy atom. The second-order valence-corrected chi connectivity index (χ2v) is 14.0. The molecular weight excluding hydrogens is 644 g/mol. The molecule has 2 aliphatic rings. The van der Waals surface area contributed by atoms with E-state index in [0.717, 1.165) is 11.3 Å². The van der Waals surface area contributed by atoms with E-state index in [9.17, 15) is 14.4 Å². The fourth-order valence-electron chi connectivity index (χ4n) is 5.48. The number of thiophene rings is 1. The highest BCUT2D eigenvalue weighted by Gasteiger charge is 2.72. The summed E-state index contributed by atoms with van der Waals surface area (Å²) in [6.07, 6.45) is 0.158. The number of fused-ring (bicyclic) bond motifs is 2. The smallest absolute Gasteiger partial charge is 0.323 e. The number of esters is 2. The molecule has 3 aromatic heterocycles. The van der Waals surface area contributed by atoms with Crippen LogP contribution in [-0.4, -0.2) is 75.2 Å². The van der Waals surface area contributed by atoms with Crippen LogP contribution in [0.1, 0.15) is 58.2 Å². The predicted octanol–water partition coefficient (Wildman–Crippen LogP) is 2.91. The van der Waals surface area contributed by atoms with Crippen molar-refractivity contribution < 1.29 is 23.9 Å². The molecule has 2 aliphatic carbocycles. The lowest BCUT2D eigenvalue weighted by Gasteiger charge is -2.31. The summed E-state index contributed by atoms with van der Waals surface area (Å²) >= 11 is 7.42. The van der Waals surface area contributed by atoms with Crippen LogP contribution in [0.2, 0.25) is 4.34 Å². The minimum atomic E-state index is -1.29. The fourth-order valence-corrected chi connectivity index (χ4v) is 6.38. The van der Waals surface area contributed by atoms with E-state index in [-0.39, 0.29) is 24.1 Å². The van der Waals surface area contributed by atoms with Crippen molar-refractivity contribution in [2.24, 2.45) is 28.7 Å². The van der Waals surface area contributed by atoms with Gasteiger partial charge in [-0.2, -0.15) is 0 Å². The molecule has 0 radical (unpaired) electrons. The van der Waals surface area contributed by atoms with Gasteiger partial charge in [0.05, 0.1) is 14.9 Å². The summed E-state index contributed by atoms with van der Waals surface area (Å²) in [7, 11) is 1.50. The number of imidazole rings is 1. The standard InChI is InChI=1S/C32H39ClN8O5S/c1-7-12-37-27-23-28(40-20(39-27)11-9-17-8-10-19(33)47-17)41(14-38-23)24-18-13-32(18,31(44)36-6)26(46-30(43)22(35)16(4)5)25(24)45-29(42)21(34)15(2)3/h8,10,14-16,21-22,25-26H,7,12-13,34-35H2,1-6H3,(H,36,44)(H,37,39,40). The van der Waals surface area contributed by atoms with E-state index in [1.807, 2.05) is 13.0 Å². The molecule has 1 saturated carbocycles. The number of rotatable bonds is 11. The van der Waals surface area contributed by atoms with Crippen molar-refractivity contribution in [3.05, 3.63) is 39.1 Å². The van der Waals surface area contributed by atoms with E-state index in [4.69, 9.17) is 37.5 Å². The summed E-state index contributed by atoms with van der Waals surface area (Å²) in [6, 6.07) is 1.63.